The molecular weight excluding hydrogens is 316 g/mol. The van der Waals surface area contributed by atoms with Crippen molar-refractivity contribution in [3.63, 3.8) is 0 Å². The molecule has 0 bridgehead atoms. The molecule has 0 N–H and O–H groups in total. The topological polar surface area (TPSA) is 0 Å². The number of rotatable bonds is 5. The second-order valence-corrected chi connectivity index (χ2v) is 10.3. The minimum absolute atomic E-state index is 0.0306. The predicted octanol–water partition coefficient (Wildman–Crippen LogP) is 6.77. The lowest BCUT2D eigenvalue weighted by molar-refractivity contribution is 0.640. The van der Waals surface area contributed by atoms with Gasteiger partial charge in [0.25, 0.3) is 0 Å². The van der Waals surface area contributed by atoms with Crippen LogP contribution in [0.3, 0.4) is 0 Å². The molecule has 0 atom stereocenters. The van der Waals surface area contributed by atoms with Gasteiger partial charge in [-0.25, -0.2) is 0 Å². The SMILES string of the molecule is CSCc1ccc(C(C)(C)c2ccc(SC(C)(C)C)cc2)cc1. The van der Waals surface area contributed by atoms with Gasteiger partial charge >= 0.3 is 0 Å². The Morgan fingerprint density at radius 1 is 0.739 bits per heavy atom. The fraction of sp³-hybridized carbons (Fsp3) is 0.429. The van der Waals surface area contributed by atoms with Crippen LogP contribution in [-0.2, 0) is 11.2 Å². The van der Waals surface area contributed by atoms with Crippen molar-refractivity contribution in [2.75, 3.05) is 6.26 Å². The highest BCUT2D eigenvalue weighted by atomic mass is 32.2. The standard InChI is InChI=1S/C21H28S2/c1-20(2,3)23-19-13-11-18(12-14-19)21(4,5)17-9-7-16(8-10-17)15-22-6/h7-14H,15H2,1-6H3. The van der Waals surface area contributed by atoms with Crippen LogP contribution in [0.5, 0.6) is 0 Å². The third-order valence-corrected chi connectivity index (χ3v) is 5.73. The zero-order chi connectivity index (χ0) is 17.1. The van der Waals surface area contributed by atoms with E-state index in [4.69, 9.17) is 0 Å². The smallest absolute Gasteiger partial charge is 0.0181 e. The summed E-state index contributed by atoms with van der Waals surface area (Å²) >= 11 is 3.79. The first-order chi connectivity index (χ1) is 10.7. The highest BCUT2D eigenvalue weighted by molar-refractivity contribution is 8.00. The number of thioether (sulfide) groups is 2. The van der Waals surface area contributed by atoms with E-state index in [9.17, 15) is 0 Å². The van der Waals surface area contributed by atoms with Crippen LogP contribution < -0.4 is 0 Å². The highest BCUT2D eigenvalue weighted by Crippen LogP contribution is 2.35. The summed E-state index contributed by atoms with van der Waals surface area (Å²) in [4.78, 5) is 1.34. The van der Waals surface area contributed by atoms with Crippen molar-refractivity contribution in [1.82, 2.24) is 0 Å². The number of hydrogen-bond acceptors (Lipinski definition) is 2. The maximum Gasteiger partial charge on any atom is 0.0181 e. The molecule has 0 aliphatic carbocycles. The third-order valence-electron chi connectivity index (χ3n) is 3.99. The Balaban J connectivity index is 2.21. The molecule has 0 aliphatic heterocycles. The van der Waals surface area contributed by atoms with Gasteiger partial charge in [-0.2, -0.15) is 11.8 Å². The molecule has 0 saturated carbocycles. The van der Waals surface area contributed by atoms with Gasteiger partial charge < -0.3 is 0 Å². The molecule has 0 saturated heterocycles. The summed E-state index contributed by atoms with van der Waals surface area (Å²) in [5.74, 6) is 1.08. The van der Waals surface area contributed by atoms with Crippen molar-refractivity contribution >= 4 is 23.5 Å². The summed E-state index contributed by atoms with van der Waals surface area (Å²) in [5, 5.41) is 0. The fourth-order valence-electron chi connectivity index (χ4n) is 2.64. The fourth-order valence-corrected chi connectivity index (χ4v) is 4.15. The highest BCUT2D eigenvalue weighted by Gasteiger charge is 2.23. The lowest BCUT2D eigenvalue weighted by atomic mass is 9.78. The van der Waals surface area contributed by atoms with E-state index in [1.165, 1.54) is 21.6 Å². The second-order valence-electron chi connectivity index (χ2n) is 7.49. The summed E-state index contributed by atoms with van der Waals surface area (Å²) in [6, 6.07) is 18.2. The van der Waals surface area contributed by atoms with E-state index in [2.05, 4.69) is 89.4 Å². The van der Waals surface area contributed by atoms with Crippen molar-refractivity contribution in [3.05, 3.63) is 65.2 Å². The van der Waals surface area contributed by atoms with Gasteiger partial charge in [0.15, 0.2) is 0 Å². The lowest BCUT2D eigenvalue weighted by Crippen LogP contribution is -2.18. The van der Waals surface area contributed by atoms with Crippen LogP contribution in [0.1, 0.15) is 51.3 Å². The summed E-state index contributed by atoms with van der Waals surface area (Å²) in [6.07, 6.45) is 2.15. The molecule has 0 nitrogen and oxygen atoms in total. The molecule has 23 heavy (non-hydrogen) atoms. The summed E-state index contributed by atoms with van der Waals surface area (Å²) in [5.41, 5.74) is 4.17. The molecule has 2 heteroatoms. The van der Waals surface area contributed by atoms with E-state index < -0.39 is 0 Å². The zero-order valence-electron chi connectivity index (χ0n) is 15.1. The third kappa shape index (κ3) is 5.06. The van der Waals surface area contributed by atoms with Crippen LogP contribution in [0.4, 0.5) is 0 Å². The van der Waals surface area contributed by atoms with Crippen LogP contribution in [0.25, 0.3) is 0 Å². The van der Waals surface area contributed by atoms with Crippen molar-refractivity contribution in [2.24, 2.45) is 0 Å². The van der Waals surface area contributed by atoms with Gasteiger partial charge in [0.05, 0.1) is 0 Å². The molecule has 2 rings (SSSR count). The number of benzene rings is 2. The molecule has 0 unspecified atom stereocenters. The van der Waals surface area contributed by atoms with Crippen LogP contribution in [0, 0.1) is 0 Å². The molecule has 2 aromatic rings. The van der Waals surface area contributed by atoms with Crippen LogP contribution >= 0.6 is 23.5 Å². The average molecular weight is 345 g/mol. The van der Waals surface area contributed by atoms with E-state index >= 15 is 0 Å². The van der Waals surface area contributed by atoms with Gasteiger partial charge in [0.2, 0.25) is 0 Å². The van der Waals surface area contributed by atoms with Crippen molar-refractivity contribution in [1.29, 1.82) is 0 Å². The zero-order valence-corrected chi connectivity index (χ0v) is 16.8. The van der Waals surface area contributed by atoms with Gasteiger partial charge in [0.1, 0.15) is 0 Å². The van der Waals surface area contributed by atoms with Crippen molar-refractivity contribution in [3.8, 4) is 0 Å². The molecule has 0 fully saturated rings. The Hall–Kier alpha value is -0.860. The Morgan fingerprint density at radius 2 is 1.22 bits per heavy atom. The Morgan fingerprint density at radius 3 is 1.65 bits per heavy atom. The second kappa shape index (κ2) is 7.36. The summed E-state index contributed by atoms with van der Waals surface area (Å²) in [6.45, 7) is 11.4. The molecule has 0 radical (unpaired) electrons. The first-order valence-electron chi connectivity index (χ1n) is 8.10. The normalized spacial score (nSPS) is 12.4. The lowest BCUT2D eigenvalue weighted by Gasteiger charge is -2.27. The van der Waals surface area contributed by atoms with Gasteiger partial charge in [0, 0.05) is 20.8 Å². The molecule has 2 aromatic carbocycles. The van der Waals surface area contributed by atoms with E-state index in [0.29, 0.717) is 0 Å². The predicted molar refractivity (Wildman–Crippen MR) is 108 cm³/mol. The minimum Gasteiger partial charge on any atom is -0.161 e. The van der Waals surface area contributed by atoms with Gasteiger partial charge in [-0.3, -0.25) is 0 Å². The largest absolute Gasteiger partial charge is 0.161 e. The maximum atomic E-state index is 2.31. The van der Waals surface area contributed by atoms with E-state index in [1.807, 2.05) is 23.5 Å². The van der Waals surface area contributed by atoms with Crippen molar-refractivity contribution in [2.45, 2.75) is 55.4 Å². The molecule has 0 spiro atoms. The van der Waals surface area contributed by atoms with E-state index in [1.54, 1.807) is 0 Å². The maximum absolute atomic E-state index is 2.31. The summed E-state index contributed by atoms with van der Waals surface area (Å²) < 4.78 is 0.254. The number of hydrogen-bond donors (Lipinski definition) is 0. The van der Waals surface area contributed by atoms with Crippen LogP contribution in [-0.4, -0.2) is 11.0 Å². The average Bonchev–Trinajstić information content (AvgIpc) is 2.47. The van der Waals surface area contributed by atoms with Crippen LogP contribution in [0.15, 0.2) is 53.4 Å². The monoisotopic (exact) mass is 344 g/mol. The molecule has 124 valence electrons. The molecular formula is C21H28S2. The molecule has 0 aromatic heterocycles. The Labute approximate surface area is 150 Å². The van der Waals surface area contributed by atoms with E-state index in [-0.39, 0.29) is 10.2 Å². The minimum atomic E-state index is 0.0306. The first kappa shape index (κ1) is 18.5. The Kier molecular flexibility index (Phi) is 5.91. The Bertz CT molecular complexity index is 616. The van der Waals surface area contributed by atoms with Crippen molar-refractivity contribution < 1.29 is 0 Å². The quantitative estimate of drug-likeness (QED) is 0.549. The molecule has 0 heterocycles. The van der Waals surface area contributed by atoms with Gasteiger partial charge in [-0.05, 0) is 35.1 Å². The van der Waals surface area contributed by atoms with E-state index in [0.717, 1.165) is 5.75 Å². The molecule has 0 amide bonds. The molecule has 0 aliphatic rings. The first-order valence-corrected chi connectivity index (χ1v) is 10.3. The van der Waals surface area contributed by atoms with Gasteiger partial charge in [-0.15, -0.1) is 11.8 Å². The summed E-state index contributed by atoms with van der Waals surface area (Å²) in [7, 11) is 0. The van der Waals surface area contributed by atoms with Gasteiger partial charge in [-0.1, -0.05) is 71.0 Å². The van der Waals surface area contributed by atoms with Crippen LogP contribution in [0.2, 0.25) is 0 Å².